The molecule has 2 atom stereocenters. The van der Waals surface area contributed by atoms with E-state index in [1.165, 1.54) is 36.4 Å². The van der Waals surface area contributed by atoms with Gasteiger partial charge in [-0.2, -0.15) is 0 Å². The lowest BCUT2D eigenvalue weighted by Gasteiger charge is -2.19. The Kier molecular flexibility index (Phi) is 5.50. The van der Waals surface area contributed by atoms with Crippen molar-refractivity contribution in [2.45, 2.75) is 32.5 Å². The summed E-state index contributed by atoms with van der Waals surface area (Å²) in [6, 6.07) is 7.78. The Morgan fingerprint density at radius 3 is 1.42 bits per heavy atom. The van der Waals surface area contributed by atoms with E-state index < -0.39 is 48.0 Å². The number of benzene rings is 2. The van der Waals surface area contributed by atoms with Gasteiger partial charge < -0.3 is 18.9 Å². The normalized spacial score (nSPS) is 15.8. The molecule has 0 spiro atoms. The van der Waals surface area contributed by atoms with Gasteiger partial charge in [-0.15, -0.1) is 0 Å². The minimum atomic E-state index is -0.831. The van der Waals surface area contributed by atoms with Crippen molar-refractivity contribution in [1.82, 2.24) is 0 Å². The molecular weight excluding hydrogens is 436 g/mol. The molecule has 0 amide bonds. The zero-order chi connectivity index (χ0) is 23.9. The maximum Gasteiger partial charge on any atom is 0.346 e. The lowest BCUT2D eigenvalue weighted by atomic mass is 10.1. The standard InChI is InChI=1S/C23H16O10/c1-10(30-18(24)12-3-5-14-16(8-12)22(28)32-20(14)26)7-11(2)31-19(25)13-4-6-15-17(9-13)23(29)33-21(15)27/h3-6,8-11H,7H2,1-2H3. The molecule has 0 bridgehead atoms. The molecule has 10 nitrogen and oxygen atoms in total. The Morgan fingerprint density at radius 1 is 0.667 bits per heavy atom. The summed E-state index contributed by atoms with van der Waals surface area (Å²) in [5.74, 6) is -4.66. The molecule has 0 radical (unpaired) electrons. The third kappa shape index (κ3) is 4.22. The molecule has 2 aromatic rings. The van der Waals surface area contributed by atoms with Gasteiger partial charge in [0.25, 0.3) is 0 Å². The summed E-state index contributed by atoms with van der Waals surface area (Å²) in [6.07, 6.45) is -1.15. The number of carbonyl (C=O) groups excluding carboxylic acids is 6. The van der Waals surface area contributed by atoms with Crippen LogP contribution in [0.1, 0.15) is 82.4 Å². The van der Waals surface area contributed by atoms with E-state index in [0.29, 0.717) is 0 Å². The molecule has 2 heterocycles. The van der Waals surface area contributed by atoms with Crippen LogP contribution in [0.2, 0.25) is 0 Å². The van der Waals surface area contributed by atoms with Gasteiger partial charge in [0.05, 0.1) is 33.4 Å². The van der Waals surface area contributed by atoms with Crippen LogP contribution >= 0.6 is 0 Å². The van der Waals surface area contributed by atoms with Gasteiger partial charge in [0.2, 0.25) is 0 Å². The predicted molar refractivity (Wildman–Crippen MR) is 107 cm³/mol. The summed E-state index contributed by atoms with van der Waals surface area (Å²) in [4.78, 5) is 71.1. The zero-order valence-electron chi connectivity index (χ0n) is 17.4. The number of fused-ring (bicyclic) bond motifs is 2. The minimum Gasteiger partial charge on any atom is -0.459 e. The molecule has 33 heavy (non-hydrogen) atoms. The monoisotopic (exact) mass is 452 g/mol. The van der Waals surface area contributed by atoms with Gasteiger partial charge in [0, 0.05) is 6.42 Å². The van der Waals surface area contributed by atoms with Crippen molar-refractivity contribution in [1.29, 1.82) is 0 Å². The van der Waals surface area contributed by atoms with E-state index in [1.807, 2.05) is 0 Å². The fourth-order valence-corrected chi connectivity index (χ4v) is 3.49. The second-order valence-electron chi connectivity index (χ2n) is 7.54. The van der Waals surface area contributed by atoms with Gasteiger partial charge in [0.15, 0.2) is 0 Å². The van der Waals surface area contributed by atoms with Crippen LogP contribution in [0.3, 0.4) is 0 Å². The molecule has 168 valence electrons. The zero-order valence-corrected chi connectivity index (χ0v) is 17.4. The highest BCUT2D eigenvalue weighted by Crippen LogP contribution is 2.23. The second-order valence-corrected chi connectivity index (χ2v) is 7.54. The van der Waals surface area contributed by atoms with Gasteiger partial charge in [-0.05, 0) is 50.2 Å². The topological polar surface area (TPSA) is 139 Å². The van der Waals surface area contributed by atoms with Gasteiger partial charge in [0.1, 0.15) is 12.2 Å². The van der Waals surface area contributed by atoms with Crippen molar-refractivity contribution < 1.29 is 47.7 Å². The number of hydrogen-bond acceptors (Lipinski definition) is 10. The number of cyclic esters (lactones) is 4. The Hall–Kier alpha value is -4.34. The van der Waals surface area contributed by atoms with Gasteiger partial charge >= 0.3 is 35.8 Å². The third-order valence-corrected chi connectivity index (χ3v) is 5.04. The number of hydrogen-bond donors (Lipinski definition) is 0. The van der Waals surface area contributed by atoms with Crippen LogP contribution in [0.15, 0.2) is 36.4 Å². The maximum absolute atomic E-state index is 12.4. The van der Waals surface area contributed by atoms with E-state index in [1.54, 1.807) is 13.8 Å². The highest BCUT2D eigenvalue weighted by Gasteiger charge is 2.32. The highest BCUT2D eigenvalue weighted by atomic mass is 16.6. The summed E-state index contributed by atoms with van der Waals surface area (Å²) >= 11 is 0. The van der Waals surface area contributed by atoms with Gasteiger partial charge in [-0.3, -0.25) is 0 Å². The minimum absolute atomic E-state index is 0.00988. The van der Waals surface area contributed by atoms with Crippen molar-refractivity contribution in [3.8, 4) is 0 Å². The summed E-state index contributed by atoms with van der Waals surface area (Å²) in [7, 11) is 0. The molecule has 0 aromatic heterocycles. The Labute approximate surface area is 186 Å². The Morgan fingerprint density at radius 2 is 1.03 bits per heavy atom. The largest absolute Gasteiger partial charge is 0.459 e. The van der Waals surface area contributed by atoms with E-state index in [0.717, 1.165) is 0 Å². The second kappa shape index (κ2) is 8.30. The molecule has 0 aliphatic carbocycles. The predicted octanol–water partition coefficient (Wildman–Crippen LogP) is 2.49. The summed E-state index contributed by atoms with van der Waals surface area (Å²) in [5, 5.41) is 0. The number of ether oxygens (including phenoxy) is 4. The number of rotatable bonds is 6. The molecule has 0 fully saturated rings. The molecule has 2 aromatic carbocycles. The van der Waals surface area contributed by atoms with Gasteiger partial charge in [-0.25, -0.2) is 28.8 Å². The lowest BCUT2D eigenvalue weighted by molar-refractivity contribution is 0.00750. The van der Waals surface area contributed by atoms with Crippen LogP contribution < -0.4 is 0 Å². The number of carbonyl (C=O) groups is 6. The highest BCUT2D eigenvalue weighted by molar-refractivity contribution is 6.16. The first-order chi connectivity index (χ1) is 15.6. The first-order valence-corrected chi connectivity index (χ1v) is 9.87. The molecule has 2 aliphatic rings. The molecule has 2 unspecified atom stereocenters. The van der Waals surface area contributed by atoms with Crippen LogP contribution in [0.25, 0.3) is 0 Å². The summed E-state index contributed by atoms with van der Waals surface area (Å²) < 4.78 is 19.7. The van der Waals surface area contributed by atoms with Gasteiger partial charge in [-0.1, -0.05) is 0 Å². The lowest BCUT2D eigenvalue weighted by Crippen LogP contribution is -2.24. The molecule has 0 saturated heterocycles. The van der Waals surface area contributed by atoms with Crippen LogP contribution in [0.5, 0.6) is 0 Å². The van der Waals surface area contributed by atoms with Crippen molar-refractivity contribution in [3.63, 3.8) is 0 Å². The molecule has 2 aliphatic heterocycles. The van der Waals surface area contributed by atoms with Crippen LogP contribution in [-0.2, 0) is 18.9 Å². The van der Waals surface area contributed by atoms with E-state index in [-0.39, 0.29) is 39.8 Å². The molecule has 0 saturated carbocycles. The Bertz CT molecular complexity index is 1150. The van der Waals surface area contributed by atoms with Crippen molar-refractivity contribution in [2.24, 2.45) is 0 Å². The van der Waals surface area contributed by atoms with E-state index in [2.05, 4.69) is 9.47 Å². The molecule has 4 rings (SSSR count). The smallest absolute Gasteiger partial charge is 0.346 e. The first-order valence-electron chi connectivity index (χ1n) is 9.87. The van der Waals surface area contributed by atoms with Crippen molar-refractivity contribution in [2.75, 3.05) is 0 Å². The molecular formula is C23H16O10. The average Bonchev–Trinajstić information content (AvgIpc) is 3.21. The van der Waals surface area contributed by atoms with E-state index in [9.17, 15) is 28.8 Å². The number of esters is 6. The van der Waals surface area contributed by atoms with Crippen LogP contribution in [-0.4, -0.2) is 48.0 Å². The summed E-state index contributed by atoms with van der Waals surface area (Å²) in [6.45, 7) is 3.20. The average molecular weight is 452 g/mol. The molecule has 10 heteroatoms. The van der Waals surface area contributed by atoms with Crippen LogP contribution in [0, 0.1) is 0 Å². The molecule has 0 N–H and O–H groups in total. The van der Waals surface area contributed by atoms with Crippen molar-refractivity contribution in [3.05, 3.63) is 69.8 Å². The fraction of sp³-hybridized carbons (Fsp3) is 0.217. The Balaban J connectivity index is 1.34. The van der Waals surface area contributed by atoms with E-state index in [4.69, 9.17) is 9.47 Å². The van der Waals surface area contributed by atoms with Crippen LogP contribution in [0.4, 0.5) is 0 Å². The first kappa shape index (κ1) is 21.9. The quantitative estimate of drug-likeness (QED) is 0.365. The van der Waals surface area contributed by atoms with Crippen molar-refractivity contribution >= 4 is 35.8 Å². The fourth-order valence-electron chi connectivity index (χ4n) is 3.49. The SMILES string of the molecule is CC(CC(C)OC(=O)c1ccc2c(c1)C(=O)OC2=O)OC(=O)c1ccc2c(c1)C(=O)OC2=O. The third-order valence-electron chi connectivity index (χ3n) is 5.04. The summed E-state index contributed by atoms with van der Waals surface area (Å²) in [5.41, 5.74) is 0.269. The van der Waals surface area contributed by atoms with E-state index >= 15 is 0 Å². The maximum atomic E-state index is 12.4.